The van der Waals surface area contributed by atoms with Gasteiger partial charge in [-0.25, -0.2) is 0 Å². The lowest BCUT2D eigenvalue weighted by Gasteiger charge is -2.19. The summed E-state index contributed by atoms with van der Waals surface area (Å²) in [6.07, 6.45) is 1.98. The van der Waals surface area contributed by atoms with Crippen LogP contribution in [0.25, 0.3) is 0 Å². The minimum atomic E-state index is -2.42. The fourth-order valence-electron chi connectivity index (χ4n) is 0.643. The van der Waals surface area contributed by atoms with Gasteiger partial charge in [0.1, 0.15) is 0 Å². The molecule has 0 aliphatic rings. The molecular weight excluding hydrogens is 275 g/mol. The van der Waals surface area contributed by atoms with Crippen LogP contribution in [0.5, 0.6) is 0 Å². The van der Waals surface area contributed by atoms with Gasteiger partial charge in [-0.1, -0.05) is 28.7 Å². The summed E-state index contributed by atoms with van der Waals surface area (Å²) in [5, 5.41) is 0. The summed E-state index contributed by atoms with van der Waals surface area (Å²) in [5.74, 6) is 0. The van der Waals surface area contributed by atoms with Crippen molar-refractivity contribution >= 4 is 31.4 Å². The maximum atomic E-state index is 5.14. The number of halogens is 1. The van der Waals surface area contributed by atoms with E-state index in [1.165, 1.54) is 0 Å². The SMILES string of the molecule is CO[Si](C=CCI)(OC)OC. The van der Waals surface area contributed by atoms with Crippen LogP contribution in [-0.2, 0) is 13.3 Å². The zero-order valence-electron chi connectivity index (χ0n) is 6.96. The van der Waals surface area contributed by atoms with Gasteiger partial charge in [0, 0.05) is 25.8 Å². The summed E-state index contributed by atoms with van der Waals surface area (Å²) in [6.45, 7) is 0. The van der Waals surface area contributed by atoms with Crippen molar-refractivity contribution in [3.8, 4) is 0 Å². The van der Waals surface area contributed by atoms with E-state index < -0.39 is 8.80 Å². The van der Waals surface area contributed by atoms with Crippen LogP contribution in [0.4, 0.5) is 0 Å². The third-order valence-electron chi connectivity index (χ3n) is 1.26. The Kier molecular flexibility index (Phi) is 6.44. The van der Waals surface area contributed by atoms with Gasteiger partial charge < -0.3 is 13.3 Å². The van der Waals surface area contributed by atoms with Gasteiger partial charge in [-0.05, 0) is 5.70 Å². The average Bonchev–Trinajstić information content (AvgIpc) is 2.08. The maximum absolute atomic E-state index is 5.14. The van der Waals surface area contributed by atoms with E-state index in [0.717, 1.165) is 4.43 Å². The maximum Gasteiger partial charge on any atom is 0.528 e. The fraction of sp³-hybridized carbons (Fsp3) is 0.667. The summed E-state index contributed by atoms with van der Waals surface area (Å²) in [5.41, 5.74) is 1.87. The van der Waals surface area contributed by atoms with E-state index in [4.69, 9.17) is 13.3 Å². The summed E-state index contributed by atoms with van der Waals surface area (Å²) >= 11 is 2.25. The third-order valence-corrected chi connectivity index (χ3v) is 4.12. The number of alkyl halides is 1. The van der Waals surface area contributed by atoms with Gasteiger partial charge >= 0.3 is 8.80 Å². The Morgan fingerprint density at radius 3 is 1.91 bits per heavy atom. The molecule has 66 valence electrons. The van der Waals surface area contributed by atoms with Gasteiger partial charge in [0.15, 0.2) is 0 Å². The number of hydrogen-bond donors (Lipinski definition) is 0. The third kappa shape index (κ3) is 3.65. The Balaban J connectivity index is 4.16. The van der Waals surface area contributed by atoms with E-state index in [0.29, 0.717) is 0 Å². The molecule has 3 nitrogen and oxygen atoms in total. The van der Waals surface area contributed by atoms with E-state index in [1.54, 1.807) is 21.3 Å². The van der Waals surface area contributed by atoms with E-state index in [9.17, 15) is 0 Å². The monoisotopic (exact) mass is 288 g/mol. The molecule has 0 unspecified atom stereocenters. The van der Waals surface area contributed by atoms with Crippen molar-refractivity contribution in [3.63, 3.8) is 0 Å². The second-order valence-electron chi connectivity index (χ2n) is 1.77. The molecule has 5 heteroatoms. The van der Waals surface area contributed by atoms with Crippen molar-refractivity contribution in [2.45, 2.75) is 0 Å². The van der Waals surface area contributed by atoms with E-state index >= 15 is 0 Å². The topological polar surface area (TPSA) is 27.7 Å². The van der Waals surface area contributed by atoms with Crippen molar-refractivity contribution in [2.24, 2.45) is 0 Å². The fourth-order valence-corrected chi connectivity index (χ4v) is 2.69. The lowest BCUT2D eigenvalue weighted by molar-refractivity contribution is 0.138. The molecule has 0 aliphatic carbocycles. The van der Waals surface area contributed by atoms with E-state index in [2.05, 4.69) is 22.6 Å². The quantitative estimate of drug-likeness (QED) is 0.435. The largest absolute Gasteiger partial charge is 0.528 e. The van der Waals surface area contributed by atoms with Crippen molar-refractivity contribution in [2.75, 3.05) is 25.8 Å². The Labute approximate surface area is 82.2 Å². The van der Waals surface area contributed by atoms with Gasteiger partial charge in [-0.3, -0.25) is 0 Å². The average molecular weight is 288 g/mol. The van der Waals surface area contributed by atoms with Crippen LogP contribution < -0.4 is 0 Å². The summed E-state index contributed by atoms with van der Waals surface area (Å²) in [4.78, 5) is 0. The van der Waals surface area contributed by atoms with Gasteiger partial charge in [0.2, 0.25) is 0 Å². The first-order valence-electron chi connectivity index (χ1n) is 3.13. The Hall–Kier alpha value is 0.567. The lowest BCUT2D eigenvalue weighted by Crippen LogP contribution is -2.40. The van der Waals surface area contributed by atoms with Gasteiger partial charge in [-0.2, -0.15) is 0 Å². The van der Waals surface area contributed by atoms with Crippen LogP contribution in [0.2, 0.25) is 0 Å². The number of hydrogen-bond acceptors (Lipinski definition) is 3. The zero-order chi connectivity index (χ0) is 8.74. The molecule has 0 radical (unpaired) electrons. The molecule has 11 heavy (non-hydrogen) atoms. The summed E-state index contributed by atoms with van der Waals surface area (Å²) in [7, 11) is 2.36. The first-order chi connectivity index (χ1) is 5.24. The molecule has 0 saturated carbocycles. The minimum absolute atomic E-state index is 0.933. The highest BCUT2D eigenvalue weighted by Gasteiger charge is 2.33. The molecule has 0 rings (SSSR count). The van der Waals surface area contributed by atoms with Crippen LogP contribution >= 0.6 is 22.6 Å². The van der Waals surface area contributed by atoms with Crippen LogP contribution in [0, 0.1) is 0 Å². The molecule has 0 fully saturated rings. The first-order valence-corrected chi connectivity index (χ1v) is 6.46. The highest BCUT2D eigenvalue weighted by Crippen LogP contribution is 2.07. The van der Waals surface area contributed by atoms with Crippen LogP contribution in [-0.4, -0.2) is 34.6 Å². The molecule has 0 aliphatic heterocycles. The lowest BCUT2D eigenvalue weighted by atomic mass is 10.8. The standard InChI is InChI=1S/C6H13IO3Si/c1-8-11(9-2,10-3)6-4-5-7/h4,6H,5H2,1-3H3. The number of allylic oxidation sites excluding steroid dienone is 1. The van der Waals surface area contributed by atoms with Gasteiger partial charge in [0.05, 0.1) is 0 Å². The van der Waals surface area contributed by atoms with Crippen LogP contribution in [0.3, 0.4) is 0 Å². The summed E-state index contributed by atoms with van der Waals surface area (Å²) < 4.78 is 16.4. The molecule has 0 atom stereocenters. The molecule has 0 bridgehead atoms. The molecule has 0 amide bonds. The Morgan fingerprint density at radius 2 is 1.64 bits per heavy atom. The molecular formula is C6H13IO3Si. The van der Waals surface area contributed by atoms with Gasteiger partial charge in [-0.15, -0.1) is 0 Å². The smallest absolute Gasteiger partial charge is 0.374 e. The molecule has 0 aromatic rings. The Morgan fingerprint density at radius 1 is 1.18 bits per heavy atom. The predicted molar refractivity (Wildman–Crippen MR) is 54.8 cm³/mol. The van der Waals surface area contributed by atoms with Crippen molar-refractivity contribution in [1.29, 1.82) is 0 Å². The molecule has 0 aromatic carbocycles. The minimum Gasteiger partial charge on any atom is -0.374 e. The molecule has 0 heterocycles. The normalized spacial score (nSPS) is 12.7. The highest BCUT2D eigenvalue weighted by atomic mass is 127. The second-order valence-corrected chi connectivity index (χ2v) is 5.42. The molecule has 0 spiro atoms. The van der Waals surface area contributed by atoms with Crippen molar-refractivity contribution in [3.05, 3.63) is 11.8 Å². The zero-order valence-corrected chi connectivity index (χ0v) is 10.1. The molecule has 0 saturated heterocycles. The van der Waals surface area contributed by atoms with E-state index in [-0.39, 0.29) is 0 Å². The van der Waals surface area contributed by atoms with Crippen LogP contribution in [0.1, 0.15) is 0 Å². The molecule has 0 aromatic heterocycles. The highest BCUT2D eigenvalue weighted by molar-refractivity contribution is 14.1. The predicted octanol–water partition coefficient (Wildman–Crippen LogP) is 1.39. The Bertz CT molecular complexity index is 117. The number of rotatable bonds is 5. The first kappa shape index (κ1) is 11.6. The summed E-state index contributed by atoms with van der Waals surface area (Å²) in [6, 6.07) is 0. The van der Waals surface area contributed by atoms with Crippen LogP contribution in [0.15, 0.2) is 11.8 Å². The van der Waals surface area contributed by atoms with Gasteiger partial charge in [0.25, 0.3) is 0 Å². The van der Waals surface area contributed by atoms with Crippen molar-refractivity contribution < 1.29 is 13.3 Å². The van der Waals surface area contributed by atoms with E-state index in [1.807, 2.05) is 11.8 Å². The second kappa shape index (κ2) is 6.12. The van der Waals surface area contributed by atoms with Crippen molar-refractivity contribution in [1.82, 2.24) is 0 Å². The molecule has 0 N–H and O–H groups in total.